The molecule has 0 saturated heterocycles. The van der Waals surface area contributed by atoms with Gasteiger partial charge in [-0.15, -0.1) is 0 Å². The quantitative estimate of drug-likeness (QED) is 0.290. The molecule has 0 spiro atoms. The molecule has 2 heterocycles. The molecule has 3 aromatic carbocycles. The Morgan fingerprint density at radius 1 is 0.812 bits per heavy atom. The van der Waals surface area contributed by atoms with Crippen molar-refractivity contribution < 1.29 is 13.2 Å². The van der Waals surface area contributed by atoms with Crippen LogP contribution in [0.2, 0.25) is 0 Å². The molecule has 4 heteroatoms. The predicted octanol–water partition coefficient (Wildman–Crippen LogP) is 8.18. The summed E-state index contributed by atoms with van der Waals surface area (Å²) in [6.45, 7) is 6.67. The van der Waals surface area contributed by atoms with Crippen molar-refractivity contribution in [2.24, 2.45) is 5.41 Å². The molecule has 2 aromatic heterocycles. The van der Waals surface area contributed by atoms with Crippen LogP contribution in [0.3, 0.4) is 0 Å². The molecule has 0 amide bonds. The van der Waals surface area contributed by atoms with Crippen LogP contribution in [0.4, 0.5) is 8.78 Å². The van der Waals surface area contributed by atoms with Crippen molar-refractivity contribution in [3.63, 3.8) is 0 Å². The molecular weight excluding hydrogens is 404 g/mol. The van der Waals surface area contributed by atoms with Crippen LogP contribution in [0.15, 0.2) is 77.3 Å². The number of para-hydroxylation sites is 1. The highest BCUT2D eigenvalue weighted by molar-refractivity contribution is 6.10. The van der Waals surface area contributed by atoms with Gasteiger partial charge in [-0.05, 0) is 65.4 Å². The number of hydrogen-bond acceptors (Lipinski definition) is 2. The van der Waals surface area contributed by atoms with Crippen LogP contribution in [0.1, 0.15) is 26.3 Å². The highest BCUT2D eigenvalue weighted by Crippen LogP contribution is 2.37. The molecule has 5 rings (SSSR count). The van der Waals surface area contributed by atoms with E-state index in [1.807, 2.05) is 36.5 Å². The van der Waals surface area contributed by atoms with Crippen LogP contribution >= 0.6 is 0 Å². The van der Waals surface area contributed by atoms with Crippen LogP contribution in [0.25, 0.3) is 44.3 Å². The molecule has 5 aromatic rings. The number of hydrogen-bond donors (Lipinski definition) is 0. The number of halogens is 2. The van der Waals surface area contributed by atoms with E-state index < -0.39 is 11.6 Å². The first-order valence-electron chi connectivity index (χ1n) is 10.6. The largest absolute Gasteiger partial charge is 0.455 e. The fraction of sp³-hybridized carbons (Fsp3) is 0.179. The van der Waals surface area contributed by atoms with E-state index in [0.29, 0.717) is 11.1 Å². The molecule has 0 aliphatic rings. The van der Waals surface area contributed by atoms with Crippen LogP contribution in [-0.2, 0) is 6.42 Å². The van der Waals surface area contributed by atoms with Crippen LogP contribution in [0.5, 0.6) is 0 Å². The second-order valence-corrected chi connectivity index (χ2v) is 9.41. The smallest absolute Gasteiger partial charge is 0.159 e. The number of fused-ring (bicyclic) bond motifs is 3. The molecule has 0 aliphatic heterocycles. The second kappa shape index (κ2) is 7.56. The minimum absolute atomic E-state index is 0.194. The normalized spacial score (nSPS) is 12.0. The summed E-state index contributed by atoms with van der Waals surface area (Å²) in [4.78, 5) is 4.59. The minimum Gasteiger partial charge on any atom is -0.455 e. The van der Waals surface area contributed by atoms with Crippen LogP contribution in [0, 0.1) is 17.0 Å². The van der Waals surface area contributed by atoms with E-state index in [-0.39, 0.29) is 5.41 Å². The van der Waals surface area contributed by atoms with Crippen molar-refractivity contribution in [2.45, 2.75) is 27.2 Å². The van der Waals surface area contributed by atoms with E-state index in [1.54, 1.807) is 6.07 Å². The summed E-state index contributed by atoms with van der Waals surface area (Å²) in [7, 11) is 0. The van der Waals surface area contributed by atoms with Crippen molar-refractivity contribution in [3.05, 3.63) is 90.1 Å². The average molecular weight is 427 g/mol. The van der Waals surface area contributed by atoms with Gasteiger partial charge in [0, 0.05) is 28.1 Å². The van der Waals surface area contributed by atoms with Gasteiger partial charge in [0.05, 0.1) is 5.69 Å². The third-order valence-corrected chi connectivity index (χ3v) is 5.58. The van der Waals surface area contributed by atoms with Crippen LogP contribution in [-0.4, -0.2) is 4.98 Å². The van der Waals surface area contributed by atoms with Crippen LogP contribution < -0.4 is 0 Å². The third-order valence-electron chi connectivity index (χ3n) is 5.58. The molecule has 0 radical (unpaired) electrons. The Bertz CT molecular complexity index is 1460. The van der Waals surface area contributed by atoms with Gasteiger partial charge in [0.15, 0.2) is 11.6 Å². The van der Waals surface area contributed by atoms with Gasteiger partial charge in [0.25, 0.3) is 0 Å². The molecule has 0 aliphatic carbocycles. The SMILES string of the molecule is CC(C)(C)Cc1ccnc(-c2ccc3oc4c(-c5ccc(F)c(F)c5)cccc4c3c2)c1. The van der Waals surface area contributed by atoms with Crippen molar-refractivity contribution >= 4 is 21.9 Å². The summed E-state index contributed by atoms with van der Waals surface area (Å²) in [6.07, 6.45) is 2.83. The lowest BCUT2D eigenvalue weighted by atomic mass is 9.88. The Hall–Kier alpha value is -3.53. The first-order chi connectivity index (χ1) is 15.3. The number of pyridine rings is 1. The standard InChI is InChI=1S/C28H23F2NO/c1-28(2,3)16-17-11-12-31-25(13-17)19-8-10-26-22(14-19)21-6-4-5-20(27(21)32-26)18-7-9-23(29)24(30)15-18/h4-15H,16H2,1-3H3. The molecule has 2 nitrogen and oxygen atoms in total. The van der Waals surface area contributed by atoms with E-state index in [9.17, 15) is 8.78 Å². The van der Waals surface area contributed by atoms with Crippen molar-refractivity contribution in [3.8, 4) is 22.4 Å². The molecule has 160 valence electrons. The molecule has 0 fully saturated rings. The third kappa shape index (κ3) is 3.77. The van der Waals surface area contributed by atoms with Gasteiger partial charge in [0.1, 0.15) is 11.2 Å². The number of benzene rings is 3. The lowest BCUT2D eigenvalue weighted by molar-refractivity contribution is 0.411. The maximum absolute atomic E-state index is 13.8. The summed E-state index contributed by atoms with van der Waals surface area (Å²) >= 11 is 0. The molecule has 32 heavy (non-hydrogen) atoms. The number of aromatic nitrogens is 1. The van der Waals surface area contributed by atoms with Gasteiger partial charge < -0.3 is 4.42 Å². The number of furan rings is 1. The van der Waals surface area contributed by atoms with Gasteiger partial charge in [-0.2, -0.15) is 0 Å². The maximum atomic E-state index is 13.8. The zero-order valence-corrected chi connectivity index (χ0v) is 18.2. The van der Waals surface area contributed by atoms with E-state index in [2.05, 4.69) is 44.0 Å². The summed E-state index contributed by atoms with van der Waals surface area (Å²) in [5, 5.41) is 1.89. The molecule has 0 unspecified atom stereocenters. The summed E-state index contributed by atoms with van der Waals surface area (Å²) < 4.78 is 33.4. The molecule has 0 bridgehead atoms. The Morgan fingerprint density at radius 2 is 1.62 bits per heavy atom. The topological polar surface area (TPSA) is 26.0 Å². The highest BCUT2D eigenvalue weighted by Gasteiger charge is 2.16. The van der Waals surface area contributed by atoms with Gasteiger partial charge in [-0.3, -0.25) is 4.98 Å². The Labute approximate surface area is 185 Å². The Kier molecular flexibility index (Phi) is 4.81. The molecule has 0 saturated carbocycles. The molecule has 0 atom stereocenters. The number of nitrogens with zero attached hydrogens (tertiary/aromatic N) is 1. The second-order valence-electron chi connectivity index (χ2n) is 9.41. The Balaban J connectivity index is 1.63. The Morgan fingerprint density at radius 3 is 2.41 bits per heavy atom. The first kappa shape index (κ1) is 20.4. The zero-order chi connectivity index (χ0) is 22.5. The monoisotopic (exact) mass is 427 g/mol. The van der Waals surface area contributed by atoms with Gasteiger partial charge in [-0.1, -0.05) is 45.0 Å². The van der Waals surface area contributed by atoms with E-state index in [4.69, 9.17) is 4.42 Å². The van der Waals surface area contributed by atoms with E-state index >= 15 is 0 Å². The maximum Gasteiger partial charge on any atom is 0.159 e. The van der Waals surface area contributed by atoms with Gasteiger partial charge in [-0.25, -0.2) is 8.78 Å². The zero-order valence-electron chi connectivity index (χ0n) is 18.2. The molecular formula is C28H23F2NO. The van der Waals surface area contributed by atoms with Crippen molar-refractivity contribution in [1.82, 2.24) is 4.98 Å². The minimum atomic E-state index is -0.876. The van der Waals surface area contributed by atoms with Crippen molar-refractivity contribution in [2.75, 3.05) is 0 Å². The fourth-order valence-corrected chi connectivity index (χ4v) is 4.20. The summed E-state index contributed by atoms with van der Waals surface area (Å²) in [5.74, 6) is -1.74. The molecule has 0 N–H and O–H groups in total. The number of rotatable bonds is 3. The van der Waals surface area contributed by atoms with Gasteiger partial charge >= 0.3 is 0 Å². The highest BCUT2D eigenvalue weighted by atomic mass is 19.2. The lowest BCUT2D eigenvalue weighted by Crippen LogP contribution is -2.09. The summed E-state index contributed by atoms with van der Waals surface area (Å²) in [5.41, 5.74) is 6.06. The predicted molar refractivity (Wildman–Crippen MR) is 125 cm³/mol. The average Bonchev–Trinajstić information content (AvgIpc) is 3.13. The van der Waals surface area contributed by atoms with Crippen molar-refractivity contribution in [1.29, 1.82) is 0 Å². The van der Waals surface area contributed by atoms with E-state index in [0.717, 1.165) is 45.7 Å². The fourth-order valence-electron chi connectivity index (χ4n) is 4.20. The van der Waals surface area contributed by atoms with Gasteiger partial charge in [0.2, 0.25) is 0 Å². The lowest BCUT2D eigenvalue weighted by Gasteiger charge is -2.18. The summed E-state index contributed by atoms with van der Waals surface area (Å²) in [6, 6.07) is 19.9. The first-order valence-corrected chi connectivity index (χ1v) is 10.6. The van der Waals surface area contributed by atoms with E-state index in [1.165, 1.54) is 11.6 Å².